The molecule has 88 valence electrons. The van der Waals surface area contributed by atoms with Gasteiger partial charge in [-0.2, -0.15) is 0 Å². The van der Waals surface area contributed by atoms with E-state index in [4.69, 9.17) is 5.73 Å². The number of rotatable bonds is 1. The molecule has 2 rings (SSSR count). The molecule has 0 radical (unpaired) electrons. The highest BCUT2D eigenvalue weighted by Crippen LogP contribution is 2.34. The van der Waals surface area contributed by atoms with E-state index in [0.717, 1.165) is 5.56 Å². The fourth-order valence-electron chi connectivity index (χ4n) is 2.13. The van der Waals surface area contributed by atoms with E-state index in [1.165, 1.54) is 4.90 Å². The fourth-order valence-corrected chi connectivity index (χ4v) is 2.13. The second-order valence-electron chi connectivity index (χ2n) is 4.16. The fraction of sp³-hybridized carbons (Fsp3) is 0.231. The Bertz CT molecular complexity index is 501. The van der Waals surface area contributed by atoms with Crippen molar-refractivity contribution in [3.63, 3.8) is 0 Å². The average molecular weight is 230 g/mol. The highest BCUT2D eigenvalue weighted by molar-refractivity contribution is 6.45. The number of hydrogen-bond acceptors (Lipinski definition) is 3. The third-order valence-electron chi connectivity index (χ3n) is 2.96. The summed E-state index contributed by atoms with van der Waals surface area (Å²) < 4.78 is 0. The Kier molecular flexibility index (Phi) is 2.71. The molecule has 1 aliphatic heterocycles. The molecule has 17 heavy (non-hydrogen) atoms. The zero-order valence-electron chi connectivity index (χ0n) is 9.81. The molecule has 1 fully saturated rings. The van der Waals surface area contributed by atoms with Crippen LogP contribution in [0.2, 0.25) is 0 Å². The summed E-state index contributed by atoms with van der Waals surface area (Å²) in [5.74, 6) is -1.000. The first-order chi connectivity index (χ1) is 8.04. The van der Waals surface area contributed by atoms with E-state index in [-0.39, 0.29) is 6.04 Å². The average Bonchev–Trinajstić information content (AvgIpc) is 2.55. The lowest BCUT2D eigenvalue weighted by molar-refractivity contribution is -0.139. The molecular weight excluding hydrogens is 216 g/mol. The lowest BCUT2D eigenvalue weighted by Gasteiger charge is -2.20. The summed E-state index contributed by atoms with van der Waals surface area (Å²) in [5.41, 5.74) is 7.41. The van der Waals surface area contributed by atoms with Gasteiger partial charge in [0.1, 0.15) is 0 Å². The number of Topliss-reactive ketones (excluding diaryl/α,β-unsaturated/α-hetero) is 1. The molecular formula is C13H14N2O2. The summed E-state index contributed by atoms with van der Waals surface area (Å²) in [6, 6.07) is 9.05. The smallest absolute Gasteiger partial charge is 0.295 e. The highest BCUT2D eigenvalue weighted by atomic mass is 16.2. The third-order valence-corrected chi connectivity index (χ3v) is 2.96. The maximum Gasteiger partial charge on any atom is 0.295 e. The van der Waals surface area contributed by atoms with Crippen molar-refractivity contribution in [3.8, 4) is 0 Å². The summed E-state index contributed by atoms with van der Waals surface area (Å²) in [5, 5.41) is 0. The molecule has 1 aromatic rings. The van der Waals surface area contributed by atoms with Gasteiger partial charge in [0.15, 0.2) is 0 Å². The molecule has 1 saturated heterocycles. The molecule has 2 N–H and O–H groups in total. The van der Waals surface area contributed by atoms with Crippen molar-refractivity contribution >= 4 is 11.7 Å². The van der Waals surface area contributed by atoms with Crippen LogP contribution in [0.25, 0.3) is 0 Å². The maximum atomic E-state index is 11.8. The Hall–Kier alpha value is -2.10. The lowest BCUT2D eigenvalue weighted by atomic mass is 9.98. The SMILES string of the molecule is C/C(N)=C1\C(=O)C(=O)N(C)C1c1ccccc1. The van der Waals surface area contributed by atoms with Crippen LogP contribution in [0.4, 0.5) is 0 Å². The number of likely N-dealkylation sites (tertiary alicyclic amines) is 1. The molecule has 0 saturated carbocycles. The van der Waals surface area contributed by atoms with Gasteiger partial charge in [-0.1, -0.05) is 30.3 Å². The van der Waals surface area contributed by atoms with E-state index in [1.54, 1.807) is 14.0 Å². The maximum absolute atomic E-state index is 11.8. The number of carbonyl (C=O) groups excluding carboxylic acids is 2. The van der Waals surface area contributed by atoms with Gasteiger partial charge in [-0.15, -0.1) is 0 Å². The summed E-state index contributed by atoms with van der Waals surface area (Å²) >= 11 is 0. The van der Waals surface area contributed by atoms with Crippen molar-refractivity contribution in [1.29, 1.82) is 0 Å². The van der Waals surface area contributed by atoms with Gasteiger partial charge in [-0.25, -0.2) is 0 Å². The number of nitrogens with zero attached hydrogens (tertiary/aromatic N) is 1. The normalized spacial score (nSPS) is 23.2. The van der Waals surface area contributed by atoms with Crippen LogP contribution in [-0.2, 0) is 9.59 Å². The molecule has 4 nitrogen and oxygen atoms in total. The van der Waals surface area contributed by atoms with Crippen molar-refractivity contribution in [2.24, 2.45) is 5.73 Å². The van der Waals surface area contributed by atoms with Crippen LogP contribution in [0.3, 0.4) is 0 Å². The zero-order valence-corrected chi connectivity index (χ0v) is 9.81. The Labute approximate surface area is 99.7 Å². The number of hydrogen-bond donors (Lipinski definition) is 1. The molecule has 1 aromatic carbocycles. The van der Waals surface area contributed by atoms with E-state index in [1.807, 2.05) is 30.3 Å². The molecule has 0 bridgehead atoms. The van der Waals surface area contributed by atoms with E-state index < -0.39 is 11.7 Å². The molecule has 1 aliphatic rings. The minimum atomic E-state index is -0.501. The van der Waals surface area contributed by atoms with Gasteiger partial charge in [0.05, 0.1) is 11.6 Å². The van der Waals surface area contributed by atoms with Gasteiger partial charge in [-0.3, -0.25) is 9.59 Å². The molecule has 1 heterocycles. The molecule has 0 aromatic heterocycles. The molecule has 0 spiro atoms. The van der Waals surface area contributed by atoms with Gasteiger partial charge in [0, 0.05) is 12.7 Å². The Morgan fingerprint density at radius 3 is 2.35 bits per heavy atom. The minimum absolute atomic E-state index is 0.360. The first kappa shape index (κ1) is 11.4. The standard InChI is InChI=1S/C13H14N2O2/c1-8(14)10-11(9-6-4-3-5-7-9)15(2)13(17)12(10)16/h3-7,11H,14H2,1-2H3/b10-8+. The minimum Gasteiger partial charge on any atom is -0.402 e. The van der Waals surface area contributed by atoms with Crippen molar-refractivity contribution in [3.05, 3.63) is 47.2 Å². The van der Waals surface area contributed by atoms with E-state index in [0.29, 0.717) is 11.3 Å². The predicted molar refractivity (Wildman–Crippen MR) is 63.8 cm³/mol. The van der Waals surface area contributed by atoms with Crippen LogP contribution in [0.1, 0.15) is 18.5 Å². The van der Waals surface area contributed by atoms with Gasteiger partial charge < -0.3 is 10.6 Å². The zero-order chi connectivity index (χ0) is 12.6. The van der Waals surface area contributed by atoms with Gasteiger partial charge in [0.2, 0.25) is 0 Å². The largest absolute Gasteiger partial charge is 0.402 e. The molecule has 0 aliphatic carbocycles. The van der Waals surface area contributed by atoms with Crippen LogP contribution in [0, 0.1) is 0 Å². The Morgan fingerprint density at radius 1 is 1.24 bits per heavy atom. The van der Waals surface area contributed by atoms with Gasteiger partial charge >= 0.3 is 0 Å². The number of carbonyl (C=O) groups is 2. The number of allylic oxidation sites excluding steroid dienone is 1. The Morgan fingerprint density at radius 2 is 1.82 bits per heavy atom. The Balaban J connectivity index is 2.56. The van der Waals surface area contributed by atoms with Crippen molar-refractivity contribution in [2.75, 3.05) is 7.05 Å². The second-order valence-corrected chi connectivity index (χ2v) is 4.16. The van der Waals surface area contributed by atoms with Crippen LogP contribution >= 0.6 is 0 Å². The van der Waals surface area contributed by atoms with E-state index in [2.05, 4.69) is 0 Å². The number of likely N-dealkylation sites (N-methyl/N-ethyl adjacent to an activating group) is 1. The van der Waals surface area contributed by atoms with Crippen molar-refractivity contribution in [1.82, 2.24) is 4.90 Å². The summed E-state index contributed by atoms with van der Waals surface area (Å²) in [6.45, 7) is 1.65. The van der Waals surface area contributed by atoms with Crippen LogP contribution < -0.4 is 5.73 Å². The molecule has 1 amide bonds. The van der Waals surface area contributed by atoms with Gasteiger partial charge in [0.25, 0.3) is 11.7 Å². The third kappa shape index (κ3) is 1.71. The topological polar surface area (TPSA) is 63.4 Å². The summed E-state index contributed by atoms with van der Waals surface area (Å²) in [4.78, 5) is 24.9. The number of amides is 1. The van der Waals surface area contributed by atoms with E-state index in [9.17, 15) is 9.59 Å². The number of benzene rings is 1. The van der Waals surface area contributed by atoms with Crippen LogP contribution in [0.5, 0.6) is 0 Å². The predicted octanol–water partition coefficient (Wildman–Crippen LogP) is 1.00. The second kappa shape index (κ2) is 4.05. The first-order valence-electron chi connectivity index (χ1n) is 5.36. The van der Waals surface area contributed by atoms with Crippen LogP contribution in [-0.4, -0.2) is 23.6 Å². The summed E-state index contributed by atoms with van der Waals surface area (Å²) in [6.07, 6.45) is 0. The monoisotopic (exact) mass is 230 g/mol. The van der Waals surface area contributed by atoms with Crippen molar-refractivity contribution < 1.29 is 9.59 Å². The highest BCUT2D eigenvalue weighted by Gasteiger charge is 2.42. The molecule has 1 unspecified atom stereocenters. The van der Waals surface area contributed by atoms with E-state index >= 15 is 0 Å². The summed E-state index contributed by atoms with van der Waals surface area (Å²) in [7, 11) is 1.62. The van der Waals surface area contributed by atoms with Crippen molar-refractivity contribution in [2.45, 2.75) is 13.0 Å². The lowest BCUT2D eigenvalue weighted by Crippen LogP contribution is -2.24. The van der Waals surface area contributed by atoms with Gasteiger partial charge in [-0.05, 0) is 12.5 Å². The van der Waals surface area contributed by atoms with Crippen LogP contribution in [0.15, 0.2) is 41.6 Å². The quantitative estimate of drug-likeness (QED) is 0.578. The molecule has 4 heteroatoms. The number of ketones is 1. The molecule has 1 atom stereocenters. The first-order valence-corrected chi connectivity index (χ1v) is 5.36. The number of nitrogens with two attached hydrogens (primary N) is 1.